The molecule has 130 valence electrons. The number of nitrogens with zero attached hydrogens (tertiary/aromatic N) is 3. The van der Waals surface area contributed by atoms with Crippen LogP contribution in [0, 0.1) is 6.92 Å². The molecule has 0 atom stereocenters. The maximum absolute atomic E-state index is 12.5. The van der Waals surface area contributed by atoms with Crippen LogP contribution in [0.25, 0.3) is 11.0 Å². The zero-order valence-electron chi connectivity index (χ0n) is 14.7. The van der Waals surface area contributed by atoms with Gasteiger partial charge in [0.2, 0.25) is 0 Å². The summed E-state index contributed by atoms with van der Waals surface area (Å²) >= 11 is 0. The molecule has 1 amide bonds. The Morgan fingerprint density at radius 1 is 1.24 bits per heavy atom. The Hall–Kier alpha value is -2.86. The van der Waals surface area contributed by atoms with Crippen molar-refractivity contribution in [3.05, 3.63) is 53.9 Å². The van der Waals surface area contributed by atoms with Gasteiger partial charge >= 0.3 is 0 Å². The Bertz CT molecular complexity index is 900. The van der Waals surface area contributed by atoms with Gasteiger partial charge in [0.05, 0.1) is 17.6 Å². The molecule has 0 spiro atoms. The van der Waals surface area contributed by atoms with E-state index in [1.165, 1.54) is 0 Å². The lowest BCUT2D eigenvalue weighted by Gasteiger charge is -2.18. The van der Waals surface area contributed by atoms with E-state index < -0.39 is 0 Å². The van der Waals surface area contributed by atoms with Crippen LogP contribution in [0.1, 0.15) is 16.2 Å². The monoisotopic (exact) mass is 338 g/mol. The highest BCUT2D eigenvalue weighted by Crippen LogP contribution is 2.19. The molecule has 2 N–H and O–H groups in total. The third-order valence-corrected chi connectivity index (χ3v) is 4.37. The zero-order chi connectivity index (χ0) is 18.0. The molecule has 1 aromatic heterocycles. The molecule has 0 unspecified atom stereocenters. The first-order valence-corrected chi connectivity index (χ1v) is 8.16. The van der Waals surface area contributed by atoms with E-state index in [0.717, 1.165) is 28.2 Å². The summed E-state index contributed by atoms with van der Waals surface area (Å²) in [5.74, 6) is 0.747. The van der Waals surface area contributed by atoms with Crippen LogP contribution in [-0.2, 0) is 7.05 Å². The number of nitrogens with one attached hydrogen (secondary N) is 1. The van der Waals surface area contributed by atoms with Crippen LogP contribution in [0.15, 0.2) is 42.5 Å². The Morgan fingerprint density at radius 3 is 2.64 bits per heavy atom. The number of aromatic nitrogens is 2. The van der Waals surface area contributed by atoms with Crippen LogP contribution in [0.3, 0.4) is 0 Å². The third kappa shape index (κ3) is 3.49. The maximum atomic E-state index is 12.5. The molecule has 1 heterocycles. The highest BCUT2D eigenvalue weighted by molar-refractivity contribution is 6.06. The molecule has 6 heteroatoms. The van der Waals surface area contributed by atoms with E-state index >= 15 is 0 Å². The molecule has 0 aliphatic heterocycles. The molecule has 3 rings (SSSR count). The number of amides is 1. The second-order valence-corrected chi connectivity index (χ2v) is 6.07. The third-order valence-electron chi connectivity index (χ3n) is 4.37. The Balaban J connectivity index is 1.75. The number of aliphatic hydroxyl groups is 1. The fourth-order valence-electron chi connectivity index (χ4n) is 2.74. The van der Waals surface area contributed by atoms with E-state index in [0.29, 0.717) is 12.1 Å². The van der Waals surface area contributed by atoms with Crippen molar-refractivity contribution in [3.63, 3.8) is 0 Å². The number of fused-ring (bicyclic) bond motifs is 1. The van der Waals surface area contributed by atoms with Gasteiger partial charge in [-0.25, -0.2) is 4.98 Å². The predicted octanol–water partition coefficient (Wildman–Crippen LogP) is 2.56. The predicted molar refractivity (Wildman–Crippen MR) is 100 cm³/mol. The van der Waals surface area contributed by atoms with Crippen molar-refractivity contribution >= 4 is 28.3 Å². The first-order valence-electron chi connectivity index (χ1n) is 8.16. The van der Waals surface area contributed by atoms with Gasteiger partial charge in [-0.15, -0.1) is 0 Å². The van der Waals surface area contributed by atoms with Gasteiger partial charge in [-0.2, -0.15) is 0 Å². The Labute approximate surface area is 146 Å². The van der Waals surface area contributed by atoms with E-state index in [-0.39, 0.29) is 12.5 Å². The lowest BCUT2D eigenvalue weighted by Crippen LogP contribution is -2.21. The SMILES string of the molecule is Cc1nc2cc(C(=O)Nc3ccc(N(C)CCO)cc3)ccc2n1C. The second kappa shape index (κ2) is 6.94. The minimum Gasteiger partial charge on any atom is -0.395 e. The highest BCUT2D eigenvalue weighted by Gasteiger charge is 2.10. The van der Waals surface area contributed by atoms with Crippen molar-refractivity contribution in [2.24, 2.45) is 7.05 Å². The largest absolute Gasteiger partial charge is 0.395 e. The van der Waals surface area contributed by atoms with Crippen LogP contribution >= 0.6 is 0 Å². The highest BCUT2D eigenvalue weighted by atomic mass is 16.3. The van der Waals surface area contributed by atoms with Gasteiger partial charge in [0.15, 0.2) is 0 Å². The molecule has 0 aliphatic carbocycles. The number of hydrogen-bond acceptors (Lipinski definition) is 4. The van der Waals surface area contributed by atoms with Gasteiger partial charge in [0, 0.05) is 37.6 Å². The number of carbonyl (C=O) groups is 1. The molecule has 2 aromatic carbocycles. The summed E-state index contributed by atoms with van der Waals surface area (Å²) in [7, 11) is 3.87. The number of benzene rings is 2. The molecule has 0 bridgehead atoms. The first kappa shape index (κ1) is 17.0. The summed E-state index contributed by atoms with van der Waals surface area (Å²) in [6.45, 7) is 2.61. The molecule has 0 radical (unpaired) electrons. The Morgan fingerprint density at radius 2 is 1.96 bits per heavy atom. The number of rotatable bonds is 5. The Kier molecular flexibility index (Phi) is 4.72. The second-order valence-electron chi connectivity index (χ2n) is 6.07. The van der Waals surface area contributed by atoms with Crippen molar-refractivity contribution in [1.82, 2.24) is 9.55 Å². The molecule has 3 aromatic rings. The average Bonchev–Trinajstić information content (AvgIpc) is 2.89. The summed E-state index contributed by atoms with van der Waals surface area (Å²) in [6.07, 6.45) is 0. The van der Waals surface area contributed by atoms with Crippen molar-refractivity contribution in [2.45, 2.75) is 6.92 Å². The summed E-state index contributed by atoms with van der Waals surface area (Å²) in [6, 6.07) is 13.1. The van der Waals surface area contributed by atoms with Crippen molar-refractivity contribution in [2.75, 3.05) is 30.4 Å². The van der Waals surface area contributed by atoms with Crippen LogP contribution in [0.2, 0.25) is 0 Å². The van der Waals surface area contributed by atoms with Gasteiger partial charge in [0.1, 0.15) is 5.82 Å². The van der Waals surface area contributed by atoms with Crippen LogP contribution < -0.4 is 10.2 Å². The quantitative estimate of drug-likeness (QED) is 0.750. The normalized spacial score (nSPS) is 10.9. The van der Waals surface area contributed by atoms with Gasteiger partial charge in [0.25, 0.3) is 5.91 Å². The molecule has 6 nitrogen and oxygen atoms in total. The van der Waals surface area contributed by atoms with Gasteiger partial charge in [-0.05, 0) is 49.4 Å². The number of aryl methyl sites for hydroxylation is 2. The smallest absolute Gasteiger partial charge is 0.255 e. The average molecular weight is 338 g/mol. The number of hydrogen-bond donors (Lipinski definition) is 2. The van der Waals surface area contributed by atoms with Gasteiger partial charge in [-0.3, -0.25) is 4.79 Å². The summed E-state index contributed by atoms with van der Waals surface area (Å²) in [4.78, 5) is 18.9. The zero-order valence-corrected chi connectivity index (χ0v) is 14.7. The minimum atomic E-state index is -0.165. The molecular weight excluding hydrogens is 316 g/mol. The number of imidazole rings is 1. The number of anilines is 2. The van der Waals surface area contributed by atoms with E-state index in [2.05, 4.69) is 10.3 Å². The van der Waals surface area contributed by atoms with Crippen LogP contribution in [0.4, 0.5) is 11.4 Å². The summed E-state index contributed by atoms with van der Waals surface area (Å²) < 4.78 is 2.00. The van der Waals surface area contributed by atoms with E-state index in [1.807, 2.05) is 66.9 Å². The number of likely N-dealkylation sites (N-methyl/N-ethyl adjacent to an activating group) is 1. The lowest BCUT2D eigenvalue weighted by molar-refractivity contribution is 0.102. The summed E-state index contributed by atoms with van der Waals surface area (Å²) in [5, 5.41) is 11.9. The molecular formula is C19H22N4O2. The summed E-state index contributed by atoms with van der Waals surface area (Å²) in [5.41, 5.74) is 4.10. The number of carbonyl (C=O) groups excluding carboxylic acids is 1. The van der Waals surface area contributed by atoms with Crippen molar-refractivity contribution < 1.29 is 9.90 Å². The fraction of sp³-hybridized carbons (Fsp3) is 0.263. The first-order chi connectivity index (χ1) is 12.0. The van der Waals surface area contributed by atoms with E-state index in [1.54, 1.807) is 6.07 Å². The topological polar surface area (TPSA) is 70.4 Å². The maximum Gasteiger partial charge on any atom is 0.255 e. The van der Waals surface area contributed by atoms with E-state index in [4.69, 9.17) is 5.11 Å². The molecule has 0 saturated heterocycles. The fourth-order valence-corrected chi connectivity index (χ4v) is 2.74. The van der Waals surface area contributed by atoms with Gasteiger partial charge < -0.3 is 19.9 Å². The van der Waals surface area contributed by atoms with Gasteiger partial charge in [-0.1, -0.05) is 0 Å². The molecule has 0 fully saturated rings. The van der Waals surface area contributed by atoms with Crippen molar-refractivity contribution in [1.29, 1.82) is 0 Å². The van der Waals surface area contributed by atoms with Crippen LogP contribution in [-0.4, -0.2) is 40.8 Å². The lowest BCUT2D eigenvalue weighted by atomic mass is 10.1. The molecule has 0 aliphatic rings. The van der Waals surface area contributed by atoms with E-state index in [9.17, 15) is 4.79 Å². The van der Waals surface area contributed by atoms with Crippen LogP contribution in [0.5, 0.6) is 0 Å². The molecule has 0 saturated carbocycles. The molecule has 25 heavy (non-hydrogen) atoms. The standard InChI is InChI=1S/C19H22N4O2/c1-13-20-17-12-14(4-9-18(17)23(13)3)19(25)21-15-5-7-16(8-6-15)22(2)10-11-24/h4-9,12,24H,10-11H2,1-3H3,(H,21,25). The number of aliphatic hydroxyl groups excluding tert-OH is 1. The minimum absolute atomic E-state index is 0.102. The van der Waals surface area contributed by atoms with Crippen molar-refractivity contribution in [3.8, 4) is 0 Å².